The number of rotatable bonds is 4. The molecule has 0 fully saturated rings. The number of hydrogen-bond donors (Lipinski definition) is 2. The number of esters is 1. The van der Waals surface area contributed by atoms with Crippen LogP contribution in [0.2, 0.25) is 0 Å². The zero-order valence-corrected chi connectivity index (χ0v) is 10.5. The first-order valence-corrected chi connectivity index (χ1v) is 5.77. The Morgan fingerprint density at radius 3 is 3.00 bits per heavy atom. The molecule has 18 heavy (non-hydrogen) atoms. The largest absolute Gasteiger partial charge is 0.464 e. The van der Waals surface area contributed by atoms with E-state index in [1.807, 2.05) is 37.4 Å². The third kappa shape index (κ3) is 2.60. The zero-order valence-electron chi connectivity index (χ0n) is 10.5. The number of carbonyl (C=O) groups is 1. The molecule has 0 saturated carbocycles. The molecule has 4 heteroatoms. The first-order valence-electron chi connectivity index (χ1n) is 5.77. The fourth-order valence-electron chi connectivity index (χ4n) is 1.78. The number of hydrogen-bond acceptors (Lipinski definition) is 3. The summed E-state index contributed by atoms with van der Waals surface area (Å²) in [4.78, 5) is 14.5. The fourth-order valence-corrected chi connectivity index (χ4v) is 1.78. The topological polar surface area (TPSA) is 54.1 Å². The number of likely N-dealkylation sites (N-methyl/N-ethyl adjacent to an activating group) is 1. The average Bonchev–Trinajstić information content (AvgIpc) is 2.81. The highest BCUT2D eigenvalue weighted by Crippen LogP contribution is 2.18. The first kappa shape index (κ1) is 12.4. The highest BCUT2D eigenvalue weighted by Gasteiger charge is 2.08. The Morgan fingerprint density at radius 2 is 2.28 bits per heavy atom. The molecule has 0 bridgehead atoms. The Kier molecular flexibility index (Phi) is 3.79. The third-order valence-corrected chi connectivity index (χ3v) is 2.68. The normalized spacial score (nSPS) is 11.2. The predicted octanol–water partition coefficient (Wildman–Crippen LogP) is 2.19. The number of aromatic amines is 1. The molecule has 0 amide bonds. The van der Waals surface area contributed by atoms with Crippen LogP contribution in [-0.2, 0) is 4.74 Å². The van der Waals surface area contributed by atoms with Crippen LogP contribution in [-0.4, -0.2) is 31.7 Å². The Bertz CT molecular complexity index is 584. The number of aromatic nitrogens is 1. The van der Waals surface area contributed by atoms with Gasteiger partial charge in [0.05, 0.1) is 7.11 Å². The van der Waals surface area contributed by atoms with E-state index >= 15 is 0 Å². The molecule has 0 aliphatic rings. The van der Waals surface area contributed by atoms with Gasteiger partial charge in [-0.05, 0) is 24.7 Å². The van der Waals surface area contributed by atoms with Crippen LogP contribution in [0.15, 0.2) is 30.3 Å². The lowest BCUT2D eigenvalue weighted by molar-refractivity contribution is 0.0595. The summed E-state index contributed by atoms with van der Waals surface area (Å²) < 4.78 is 4.68. The molecule has 0 radical (unpaired) electrons. The molecule has 0 saturated heterocycles. The molecular weight excluding hydrogens is 228 g/mol. The summed E-state index contributed by atoms with van der Waals surface area (Å²) in [6.07, 6.45) is 4.08. The summed E-state index contributed by atoms with van der Waals surface area (Å²) >= 11 is 0. The molecule has 0 atom stereocenters. The quantitative estimate of drug-likeness (QED) is 0.811. The predicted molar refractivity (Wildman–Crippen MR) is 72.6 cm³/mol. The van der Waals surface area contributed by atoms with E-state index in [9.17, 15) is 4.79 Å². The van der Waals surface area contributed by atoms with E-state index in [4.69, 9.17) is 0 Å². The number of ether oxygens (including phenoxy) is 1. The van der Waals surface area contributed by atoms with Crippen molar-refractivity contribution in [2.75, 3.05) is 20.7 Å². The molecule has 2 N–H and O–H groups in total. The van der Waals surface area contributed by atoms with Gasteiger partial charge in [-0.3, -0.25) is 0 Å². The summed E-state index contributed by atoms with van der Waals surface area (Å²) in [5.74, 6) is -0.349. The maximum atomic E-state index is 11.4. The average molecular weight is 244 g/mol. The molecule has 1 heterocycles. The molecule has 4 nitrogen and oxygen atoms in total. The monoisotopic (exact) mass is 244 g/mol. The van der Waals surface area contributed by atoms with Crippen LogP contribution in [0.25, 0.3) is 17.0 Å². The van der Waals surface area contributed by atoms with Crippen molar-refractivity contribution in [2.45, 2.75) is 0 Å². The van der Waals surface area contributed by atoms with Gasteiger partial charge in [0.2, 0.25) is 0 Å². The maximum absolute atomic E-state index is 11.4. The van der Waals surface area contributed by atoms with Gasteiger partial charge in [-0.15, -0.1) is 0 Å². The lowest BCUT2D eigenvalue weighted by Gasteiger charge is -1.95. The molecule has 0 spiro atoms. The summed E-state index contributed by atoms with van der Waals surface area (Å²) in [5.41, 5.74) is 2.50. The van der Waals surface area contributed by atoms with E-state index in [-0.39, 0.29) is 5.97 Å². The van der Waals surface area contributed by atoms with Gasteiger partial charge in [0.25, 0.3) is 0 Å². The number of fused-ring (bicyclic) bond motifs is 1. The van der Waals surface area contributed by atoms with Crippen molar-refractivity contribution in [3.63, 3.8) is 0 Å². The van der Waals surface area contributed by atoms with E-state index in [1.165, 1.54) is 7.11 Å². The van der Waals surface area contributed by atoms with E-state index in [0.29, 0.717) is 5.69 Å². The smallest absolute Gasteiger partial charge is 0.354 e. The van der Waals surface area contributed by atoms with Crippen molar-refractivity contribution >= 4 is 22.9 Å². The zero-order chi connectivity index (χ0) is 13.0. The lowest BCUT2D eigenvalue weighted by Crippen LogP contribution is -2.03. The minimum absolute atomic E-state index is 0.349. The van der Waals surface area contributed by atoms with Gasteiger partial charge in [-0.25, -0.2) is 4.79 Å². The Balaban J connectivity index is 2.30. The standard InChI is InChI=1S/C14H16N2O2/c1-15-7-3-4-10-5-6-11-9-13(14(17)18-2)16-12(11)8-10/h3-6,8-9,15-16H,7H2,1-2H3. The number of nitrogens with one attached hydrogen (secondary N) is 2. The highest BCUT2D eigenvalue weighted by molar-refractivity contribution is 5.95. The third-order valence-electron chi connectivity index (χ3n) is 2.68. The number of methoxy groups -OCH3 is 1. The van der Waals surface area contributed by atoms with E-state index in [1.54, 1.807) is 6.07 Å². The van der Waals surface area contributed by atoms with Crippen molar-refractivity contribution < 1.29 is 9.53 Å². The van der Waals surface area contributed by atoms with Gasteiger partial charge in [0.15, 0.2) is 0 Å². The molecule has 0 aliphatic heterocycles. The maximum Gasteiger partial charge on any atom is 0.354 e. The number of benzene rings is 1. The molecule has 0 aliphatic carbocycles. The highest BCUT2D eigenvalue weighted by atomic mass is 16.5. The minimum atomic E-state index is -0.349. The molecule has 1 aromatic heterocycles. The van der Waals surface area contributed by atoms with Gasteiger partial charge in [-0.2, -0.15) is 0 Å². The molecule has 2 rings (SSSR count). The number of carbonyl (C=O) groups excluding carboxylic acids is 1. The van der Waals surface area contributed by atoms with Crippen molar-refractivity contribution in [1.29, 1.82) is 0 Å². The van der Waals surface area contributed by atoms with E-state index < -0.39 is 0 Å². The lowest BCUT2D eigenvalue weighted by atomic mass is 10.1. The Morgan fingerprint density at radius 1 is 1.44 bits per heavy atom. The van der Waals surface area contributed by atoms with E-state index in [0.717, 1.165) is 23.0 Å². The second kappa shape index (κ2) is 5.51. The van der Waals surface area contributed by atoms with Gasteiger partial charge in [0.1, 0.15) is 5.69 Å². The van der Waals surface area contributed by atoms with Gasteiger partial charge in [0, 0.05) is 17.4 Å². The minimum Gasteiger partial charge on any atom is -0.464 e. The van der Waals surface area contributed by atoms with Crippen LogP contribution in [0.5, 0.6) is 0 Å². The van der Waals surface area contributed by atoms with Gasteiger partial charge >= 0.3 is 5.97 Å². The van der Waals surface area contributed by atoms with Crippen LogP contribution in [0.3, 0.4) is 0 Å². The van der Waals surface area contributed by atoms with Crippen LogP contribution < -0.4 is 5.32 Å². The first-order chi connectivity index (χ1) is 8.74. The van der Waals surface area contributed by atoms with Gasteiger partial charge < -0.3 is 15.0 Å². The second-order valence-corrected chi connectivity index (χ2v) is 3.98. The SMILES string of the molecule is CNCC=Cc1ccc2cc(C(=O)OC)[nH]c2c1. The van der Waals surface area contributed by atoms with Crippen molar-refractivity contribution in [1.82, 2.24) is 10.3 Å². The molecule has 94 valence electrons. The molecular formula is C14H16N2O2. The Hall–Kier alpha value is -2.07. The van der Waals surface area contributed by atoms with Crippen molar-refractivity contribution in [3.8, 4) is 0 Å². The van der Waals surface area contributed by atoms with E-state index in [2.05, 4.69) is 15.0 Å². The Labute approximate surface area is 106 Å². The molecule has 0 unspecified atom stereocenters. The summed E-state index contributed by atoms with van der Waals surface area (Å²) in [6.45, 7) is 0.830. The number of H-pyrrole nitrogens is 1. The van der Waals surface area contributed by atoms with Crippen molar-refractivity contribution in [3.05, 3.63) is 41.6 Å². The summed E-state index contributed by atoms with van der Waals surface area (Å²) in [7, 11) is 3.28. The van der Waals surface area contributed by atoms with Crippen LogP contribution in [0.1, 0.15) is 16.1 Å². The van der Waals surface area contributed by atoms with Crippen LogP contribution >= 0.6 is 0 Å². The molecule has 2 aromatic rings. The summed E-state index contributed by atoms with van der Waals surface area (Å²) in [6, 6.07) is 7.80. The van der Waals surface area contributed by atoms with Crippen LogP contribution in [0, 0.1) is 0 Å². The fraction of sp³-hybridized carbons (Fsp3) is 0.214. The summed E-state index contributed by atoms with van der Waals surface area (Å²) in [5, 5.41) is 4.05. The van der Waals surface area contributed by atoms with Crippen LogP contribution in [0.4, 0.5) is 0 Å². The van der Waals surface area contributed by atoms with Crippen molar-refractivity contribution in [2.24, 2.45) is 0 Å². The second-order valence-electron chi connectivity index (χ2n) is 3.98. The molecule has 1 aromatic carbocycles. The van der Waals surface area contributed by atoms with Gasteiger partial charge in [-0.1, -0.05) is 24.3 Å².